The Morgan fingerprint density at radius 3 is 2.55 bits per heavy atom. The van der Waals surface area contributed by atoms with Crippen LogP contribution < -0.4 is 5.32 Å². The van der Waals surface area contributed by atoms with Gasteiger partial charge in [-0.1, -0.05) is 25.6 Å². The molecule has 1 amide bonds. The smallest absolute Gasteiger partial charge is 0.305 e. The molecule has 0 atom stereocenters. The van der Waals surface area contributed by atoms with Crippen molar-refractivity contribution in [2.24, 2.45) is 0 Å². The van der Waals surface area contributed by atoms with E-state index in [-0.39, 0.29) is 24.1 Å². The summed E-state index contributed by atoms with van der Waals surface area (Å²) in [6, 6.07) is 0.220. The Morgan fingerprint density at radius 2 is 2.05 bits per heavy atom. The Balaban J connectivity index is 2.64. The summed E-state index contributed by atoms with van der Waals surface area (Å²) in [4.78, 5) is 23.2. The van der Waals surface area contributed by atoms with Crippen LogP contribution in [0.15, 0.2) is 11.5 Å². The molecule has 1 aromatic heterocycles. The topological polar surface area (TPSA) is 97.1 Å². The minimum Gasteiger partial charge on any atom is -0.481 e. The van der Waals surface area contributed by atoms with Gasteiger partial charge in [-0.05, 0) is 26.7 Å². The number of hydrogen-bond acceptors (Lipinski definition) is 5. The summed E-state index contributed by atoms with van der Waals surface area (Å²) < 4.78 is 1.89. The van der Waals surface area contributed by atoms with Gasteiger partial charge in [-0.3, -0.25) is 9.59 Å². The van der Waals surface area contributed by atoms with Gasteiger partial charge in [0.1, 0.15) is 6.33 Å². The van der Waals surface area contributed by atoms with Crippen LogP contribution in [0, 0.1) is 0 Å². The average Bonchev–Trinajstić information content (AvgIpc) is 2.92. The number of amides is 1. The van der Waals surface area contributed by atoms with Crippen LogP contribution in [-0.4, -0.2) is 43.0 Å². The number of nitrogens with zero attached hydrogens (tertiary/aromatic N) is 3. The summed E-state index contributed by atoms with van der Waals surface area (Å²) in [5.41, 5.74) is -0.685. The van der Waals surface area contributed by atoms with Crippen molar-refractivity contribution in [1.29, 1.82) is 0 Å². The van der Waals surface area contributed by atoms with E-state index in [1.165, 1.54) is 11.8 Å². The molecule has 0 saturated heterocycles. The zero-order valence-electron chi connectivity index (χ0n) is 13.5. The molecule has 8 heteroatoms. The summed E-state index contributed by atoms with van der Waals surface area (Å²) in [7, 11) is 0. The molecule has 0 spiro atoms. The third-order valence-corrected chi connectivity index (χ3v) is 4.63. The normalized spacial score (nSPS) is 11.7. The van der Waals surface area contributed by atoms with Gasteiger partial charge in [-0.25, -0.2) is 0 Å². The van der Waals surface area contributed by atoms with Gasteiger partial charge in [0, 0.05) is 11.6 Å². The number of nitrogens with one attached hydrogen (secondary N) is 1. The second kappa shape index (κ2) is 8.17. The van der Waals surface area contributed by atoms with Crippen LogP contribution in [0.3, 0.4) is 0 Å². The van der Waals surface area contributed by atoms with Crippen LogP contribution in [0.1, 0.15) is 53.0 Å². The van der Waals surface area contributed by atoms with Crippen LogP contribution in [0.2, 0.25) is 0 Å². The number of carboxylic acid groups (broad SMARTS) is 1. The first-order valence-electron chi connectivity index (χ1n) is 7.38. The minimum absolute atomic E-state index is 0.0708. The standard InChI is InChI=1S/C14H24N4O3S/c1-5-14(6-2,7-12(20)21)16-11(19)8-22-13-17-15-9-18(13)10(3)4/h9-10H,5-8H2,1-4H3,(H,16,19)(H,20,21). The fourth-order valence-corrected chi connectivity index (χ4v) is 3.01. The molecule has 0 aliphatic carbocycles. The Kier molecular flexibility index (Phi) is 6.86. The Labute approximate surface area is 134 Å². The molecule has 0 unspecified atom stereocenters. The van der Waals surface area contributed by atoms with Crippen molar-refractivity contribution >= 4 is 23.6 Å². The van der Waals surface area contributed by atoms with Crippen molar-refractivity contribution in [3.63, 3.8) is 0 Å². The summed E-state index contributed by atoms with van der Waals surface area (Å²) in [6.07, 6.45) is 2.72. The van der Waals surface area contributed by atoms with E-state index in [0.717, 1.165) is 0 Å². The molecule has 0 saturated carbocycles. The van der Waals surface area contributed by atoms with Crippen LogP contribution in [0.25, 0.3) is 0 Å². The maximum atomic E-state index is 12.2. The zero-order valence-corrected chi connectivity index (χ0v) is 14.3. The molecule has 1 aromatic rings. The van der Waals surface area contributed by atoms with E-state index in [0.29, 0.717) is 18.0 Å². The average molecular weight is 328 g/mol. The number of carbonyl (C=O) groups is 2. The lowest BCUT2D eigenvalue weighted by Crippen LogP contribution is -2.49. The number of aromatic nitrogens is 3. The number of rotatable bonds is 9. The molecule has 7 nitrogen and oxygen atoms in total. The van der Waals surface area contributed by atoms with Gasteiger partial charge in [0.05, 0.1) is 12.2 Å². The molecule has 0 fully saturated rings. The predicted octanol–water partition coefficient (Wildman–Crippen LogP) is 2.10. The Hall–Kier alpha value is -1.57. The number of carbonyl (C=O) groups excluding carboxylic acids is 1. The zero-order chi connectivity index (χ0) is 16.8. The molecule has 0 radical (unpaired) electrons. The molecule has 1 rings (SSSR count). The summed E-state index contributed by atoms with van der Waals surface area (Å²) in [5.74, 6) is -0.906. The van der Waals surface area contributed by atoms with Crippen molar-refractivity contribution in [3.05, 3.63) is 6.33 Å². The molecule has 22 heavy (non-hydrogen) atoms. The van der Waals surface area contributed by atoms with Crippen LogP contribution >= 0.6 is 11.8 Å². The highest BCUT2D eigenvalue weighted by Crippen LogP contribution is 2.22. The van der Waals surface area contributed by atoms with E-state index in [9.17, 15) is 9.59 Å². The molecule has 124 valence electrons. The van der Waals surface area contributed by atoms with Crippen molar-refractivity contribution in [2.45, 2.75) is 63.7 Å². The molecule has 2 N–H and O–H groups in total. The monoisotopic (exact) mass is 328 g/mol. The van der Waals surface area contributed by atoms with Gasteiger partial charge in [-0.15, -0.1) is 10.2 Å². The highest BCUT2D eigenvalue weighted by atomic mass is 32.2. The molecule has 0 aliphatic heterocycles. The van der Waals surface area contributed by atoms with E-state index in [1.54, 1.807) is 6.33 Å². The van der Waals surface area contributed by atoms with Crippen LogP contribution in [0.5, 0.6) is 0 Å². The largest absolute Gasteiger partial charge is 0.481 e. The second-order valence-electron chi connectivity index (χ2n) is 5.51. The van der Waals surface area contributed by atoms with Gasteiger partial charge in [0.15, 0.2) is 5.16 Å². The lowest BCUT2D eigenvalue weighted by Gasteiger charge is -2.31. The number of thioether (sulfide) groups is 1. The van der Waals surface area contributed by atoms with Crippen molar-refractivity contribution < 1.29 is 14.7 Å². The molecular weight excluding hydrogens is 304 g/mol. The first-order chi connectivity index (χ1) is 10.3. The quantitative estimate of drug-likeness (QED) is 0.674. The van der Waals surface area contributed by atoms with E-state index in [2.05, 4.69) is 15.5 Å². The summed E-state index contributed by atoms with van der Waals surface area (Å²) >= 11 is 1.30. The van der Waals surface area contributed by atoms with Crippen molar-refractivity contribution in [3.8, 4) is 0 Å². The van der Waals surface area contributed by atoms with Crippen LogP contribution in [-0.2, 0) is 9.59 Å². The lowest BCUT2D eigenvalue weighted by molar-refractivity contribution is -0.139. The first kappa shape index (κ1) is 18.5. The maximum Gasteiger partial charge on any atom is 0.305 e. The van der Waals surface area contributed by atoms with E-state index >= 15 is 0 Å². The maximum absolute atomic E-state index is 12.2. The number of hydrogen-bond donors (Lipinski definition) is 2. The van der Waals surface area contributed by atoms with Crippen molar-refractivity contribution in [2.75, 3.05) is 5.75 Å². The van der Waals surface area contributed by atoms with E-state index < -0.39 is 11.5 Å². The van der Waals surface area contributed by atoms with E-state index in [1.807, 2.05) is 32.3 Å². The second-order valence-corrected chi connectivity index (χ2v) is 6.45. The molecular formula is C14H24N4O3S. The molecule has 0 aliphatic rings. The third kappa shape index (κ3) is 5.01. The van der Waals surface area contributed by atoms with Crippen molar-refractivity contribution in [1.82, 2.24) is 20.1 Å². The van der Waals surface area contributed by atoms with Gasteiger partial charge in [0.25, 0.3) is 0 Å². The SMILES string of the molecule is CCC(CC)(CC(=O)O)NC(=O)CSc1nncn1C(C)C. The fourth-order valence-electron chi connectivity index (χ4n) is 2.16. The van der Waals surface area contributed by atoms with Gasteiger partial charge in [0.2, 0.25) is 5.91 Å². The van der Waals surface area contributed by atoms with Gasteiger partial charge < -0.3 is 15.0 Å². The third-order valence-electron chi connectivity index (χ3n) is 3.68. The highest BCUT2D eigenvalue weighted by molar-refractivity contribution is 7.99. The Morgan fingerprint density at radius 1 is 1.41 bits per heavy atom. The predicted molar refractivity (Wildman–Crippen MR) is 84.8 cm³/mol. The molecule has 1 heterocycles. The molecule has 0 bridgehead atoms. The van der Waals surface area contributed by atoms with E-state index in [4.69, 9.17) is 5.11 Å². The molecule has 0 aromatic carbocycles. The fraction of sp³-hybridized carbons (Fsp3) is 0.714. The van der Waals surface area contributed by atoms with Gasteiger partial charge >= 0.3 is 5.97 Å². The van der Waals surface area contributed by atoms with Crippen LogP contribution in [0.4, 0.5) is 0 Å². The minimum atomic E-state index is -0.906. The number of aliphatic carboxylic acids is 1. The Bertz CT molecular complexity index is 512. The van der Waals surface area contributed by atoms with Gasteiger partial charge in [-0.2, -0.15) is 0 Å². The lowest BCUT2D eigenvalue weighted by atomic mass is 9.89. The first-order valence-corrected chi connectivity index (χ1v) is 8.37. The number of carboxylic acids is 1. The summed E-state index contributed by atoms with van der Waals surface area (Å²) in [5, 5.41) is 20.4. The summed E-state index contributed by atoms with van der Waals surface area (Å²) in [6.45, 7) is 7.80. The highest BCUT2D eigenvalue weighted by Gasteiger charge is 2.30.